The molecule has 1 saturated heterocycles. The molecule has 2 heterocycles. The number of carbonyl (C=O) groups is 1. The fourth-order valence-corrected chi connectivity index (χ4v) is 4.31. The number of anilines is 1. The Morgan fingerprint density at radius 3 is 3.16 bits per heavy atom. The van der Waals surface area contributed by atoms with Crippen LogP contribution in [-0.4, -0.2) is 36.5 Å². The molecule has 1 amide bonds. The number of rotatable bonds is 2. The lowest BCUT2D eigenvalue weighted by atomic mass is 9.85. The van der Waals surface area contributed by atoms with Gasteiger partial charge in [-0.2, -0.15) is 11.8 Å². The summed E-state index contributed by atoms with van der Waals surface area (Å²) in [6, 6.07) is 8.91. The summed E-state index contributed by atoms with van der Waals surface area (Å²) < 4.78 is 0. The topological polar surface area (TPSA) is 32.3 Å². The highest BCUT2D eigenvalue weighted by atomic mass is 32.2. The Morgan fingerprint density at radius 1 is 1.47 bits per heavy atom. The monoisotopic (exact) mass is 276 g/mol. The van der Waals surface area contributed by atoms with Crippen LogP contribution in [0.1, 0.15) is 12.5 Å². The quantitative estimate of drug-likeness (QED) is 0.895. The van der Waals surface area contributed by atoms with Gasteiger partial charge in [0.25, 0.3) is 0 Å². The van der Waals surface area contributed by atoms with Gasteiger partial charge in [0.2, 0.25) is 5.91 Å². The summed E-state index contributed by atoms with van der Waals surface area (Å²) in [4.78, 5) is 14.8. The van der Waals surface area contributed by atoms with E-state index in [4.69, 9.17) is 0 Å². The number of hydrogen-bond acceptors (Lipinski definition) is 3. The number of nitrogens with zero attached hydrogens (tertiary/aromatic N) is 1. The van der Waals surface area contributed by atoms with Gasteiger partial charge in [0.15, 0.2) is 0 Å². The van der Waals surface area contributed by atoms with Crippen molar-refractivity contribution < 1.29 is 4.79 Å². The second-order valence-electron chi connectivity index (χ2n) is 5.17. The van der Waals surface area contributed by atoms with E-state index in [9.17, 15) is 4.79 Å². The summed E-state index contributed by atoms with van der Waals surface area (Å²) >= 11 is 1.97. The first-order chi connectivity index (χ1) is 9.31. The molecule has 2 aliphatic rings. The van der Waals surface area contributed by atoms with Crippen LogP contribution in [-0.2, 0) is 11.2 Å². The van der Waals surface area contributed by atoms with Crippen molar-refractivity contribution in [1.82, 2.24) is 5.32 Å². The molecular weight excluding hydrogens is 256 g/mol. The van der Waals surface area contributed by atoms with E-state index in [0.717, 1.165) is 31.0 Å². The maximum Gasteiger partial charge on any atom is 0.225 e. The minimum absolute atomic E-state index is 0.0997. The van der Waals surface area contributed by atoms with Gasteiger partial charge in [-0.1, -0.05) is 18.2 Å². The maximum atomic E-state index is 12.3. The number of hydrogen-bond donors (Lipinski definition) is 1. The first-order valence-corrected chi connectivity index (χ1v) is 8.16. The van der Waals surface area contributed by atoms with Gasteiger partial charge in [-0.15, -0.1) is 0 Å². The molecule has 1 aromatic rings. The minimum atomic E-state index is 0.0997. The van der Waals surface area contributed by atoms with Crippen molar-refractivity contribution in [1.29, 1.82) is 0 Å². The standard InChI is InChI=1S/C15H20N2OS/c1-2-16-15(18)12-9-11-5-3-4-6-13(11)17-7-8-19-10-14(12)17/h3-6,12,14H,2,7-10H2,1H3,(H,16,18). The molecule has 2 aliphatic heterocycles. The number of benzene rings is 1. The van der Waals surface area contributed by atoms with Crippen LogP contribution >= 0.6 is 11.8 Å². The molecule has 1 aromatic carbocycles. The number of thioether (sulfide) groups is 1. The Bertz CT molecular complexity index is 477. The Labute approximate surface area is 118 Å². The second-order valence-corrected chi connectivity index (χ2v) is 6.32. The SMILES string of the molecule is CCNC(=O)C1Cc2ccccc2N2CCSCC12. The average molecular weight is 276 g/mol. The molecule has 19 heavy (non-hydrogen) atoms. The normalized spacial score (nSPS) is 25.4. The van der Waals surface area contributed by atoms with Crippen LogP contribution in [0.15, 0.2) is 24.3 Å². The smallest absolute Gasteiger partial charge is 0.225 e. The van der Waals surface area contributed by atoms with Gasteiger partial charge in [0, 0.05) is 36.3 Å². The van der Waals surface area contributed by atoms with E-state index in [2.05, 4.69) is 34.5 Å². The zero-order chi connectivity index (χ0) is 13.2. The van der Waals surface area contributed by atoms with Crippen molar-refractivity contribution in [3.05, 3.63) is 29.8 Å². The fraction of sp³-hybridized carbons (Fsp3) is 0.533. The molecule has 3 rings (SSSR count). The Kier molecular flexibility index (Phi) is 3.69. The summed E-state index contributed by atoms with van der Waals surface area (Å²) in [7, 11) is 0. The average Bonchev–Trinajstić information content (AvgIpc) is 2.46. The maximum absolute atomic E-state index is 12.3. The van der Waals surface area contributed by atoms with Crippen LogP contribution in [0.3, 0.4) is 0 Å². The van der Waals surface area contributed by atoms with Crippen LogP contribution < -0.4 is 10.2 Å². The van der Waals surface area contributed by atoms with Crippen molar-refractivity contribution >= 4 is 23.4 Å². The Balaban J connectivity index is 1.94. The van der Waals surface area contributed by atoms with Gasteiger partial charge in [-0.05, 0) is 25.0 Å². The highest BCUT2D eigenvalue weighted by Gasteiger charge is 2.39. The molecule has 0 bridgehead atoms. The van der Waals surface area contributed by atoms with Crippen molar-refractivity contribution in [3.8, 4) is 0 Å². The van der Waals surface area contributed by atoms with Crippen molar-refractivity contribution in [2.24, 2.45) is 5.92 Å². The van der Waals surface area contributed by atoms with Crippen LogP contribution in [0.2, 0.25) is 0 Å². The lowest BCUT2D eigenvalue weighted by Gasteiger charge is -2.45. The molecule has 0 saturated carbocycles. The fourth-order valence-electron chi connectivity index (χ4n) is 3.16. The number of carbonyl (C=O) groups excluding carboxylic acids is 1. The number of nitrogens with one attached hydrogen (secondary N) is 1. The summed E-state index contributed by atoms with van der Waals surface area (Å²) in [6.45, 7) is 3.77. The minimum Gasteiger partial charge on any atom is -0.366 e. The summed E-state index contributed by atoms with van der Waals surface area (Å²) in [5, 5.41) is 3.00. The highest BCUT2D eigenvalue weighted by molar-refractivity contribution is 7.99. The van der Waals surface area contributed by atoms with Crippen LogP contribution in [0.25, 0.3) is 0 Å². The molecule has 2 unspecified atom stereocenters. The van der Waals surface area contributed by atoms with E-state index in [1.54, 1.807) is 0 Å². The van der Waals surface area contributed by atoms with Crippen molar-refractivity contribution in [3.63, 3.8) is 0 Å². The van der Waals surface area contributed by atoms with E-state index in [1.807, 2.05) is 18.7 Å². The molecule has 3 nitrogen and oxygen atoms in total. The number of amides is 1. The Morgan fingerprint density at radius 2 is 2.32 bits per heavy atom. The van der Waals surface area contributed by atoms with Gasteiger partial charge in [-0.25, -0.2) is 0 Å². The summed E-state index contributed by atoms with van der Waals surface area (Å²) in [5.41, 5.74) is 2.66. The molecule has 1 fully saturated rings. The van der Waals surface area contributed by atoms with Gasteiger partial charge < -0.3 is 10.2 Å². The molecule has 2 atom stereocenters. The highest BCUT2D eigenvalue weighted by Crippen LogP contribution is 2.37. The van der Waals surface area contributed by atoms with Gasteiger partial charge in [-0.3, -0.25) is 4.79 Å². The van der Waals surface area contributed by atoms with Crippen molar-refractivity contribution in [2.75, 3.05) is 29.5 Å². The van der Waals surface area contributed by atoms with Crippen LogP contribution in [0.5, 0.6) is 0 Å². The van der Waals surface area contributed by atoms with Gasteiger partial charge in [0.05, 0.1) is 5.92 Å². The molecule has 102 valence electrons. The second kappa shape index (κ2) is 5.45. The van der Waals surface area contributed by atoms with E-state index in [-0.39, 0.29) is 11.8 Å². The number of para-hydroxylation sites is 1. The molecule has 4 heteroatoms. The predicted molar refractivity (Wildman–Crippen MR) is 80.8 cm³/mol. The zero-order valence-corrected chi connectivity index (χ0v) is 12.1. The third kappa shape index (κ3) is 2.34. The first-order valence-electron chi connectivity index (χ1n) is 7.01. The van der Waals surface area contributed by atoms with Gasteiger partial charge in [0.1, 0.15) is 0 Å². The predicted octanol–water partition coefficient (Wildman–Crippen LogP) is 1.92. The summed E-state index contributed by atoms with van der Waals surface area (Å²) in [5.74, 6) is 2.54. The largest absolute Gasteiger partial charge is 0.366 e. The van der Waals surface area contributed by atoms with E-state index >= 15 is 0 Å². The molecule has 1 N–H and O–H groups in total. The summed E-state index contributed by atoms with van der Waals surface area (Å²) in [6.07, 6.45) is 0.879. The molecule has 0 aliphatic carbocycles. The third-order valence-electron chi connectivity index (χ3n) is 4.06. The number of fused-ring (bicyclic) bond motifs is 3. The molecule has 0 radical (unpaired) electrons. The van der Waals surface area contributed by atoms with Crippen molar-refractivity contribution in [2.45, 2.75) is 19.4 Å². The van der Waals surface area contributed by atoms with E-state index < -0.39 is 0 Å². The third-order valence-corrected chi connectivity index (χ3v) is 5.11. The zero-order valence-electron chi connectivity index (χ0n) is 11.3. The molecular formula is C15H20N2OS. The van der Waals surface area contributed by atoms with E-state index in [1.165, 1.54) is 11.3 Å². The lowest BCUT2D eigenvalue weighted by Crippen LogP contribution is -2.54. The van der Waals surface area contributed by atoms with E-state index in [0.29, 0.717) is 6.04 Å². The first kappa shape index (κ1) is 12.9. The molecule has 0 aromatic heterocycles. The van der Waals surface area contributed by atoms with Crippen LogP contribution in [0.4, 0.5) is 5.69 Å². The van der Waals surface area contributed by atoms with Crippen LogP contribution in [0, 0.1) is 5.92 Å². The Hall–Kier alpha value is -1.16. The lowest BCUT2D eigenvalue weighted by molar-refractivity contribution is -0.125. The molecule has 0 spiro atoms. The van der Waals surface area contributed by atoms with Gasteiger partial charge >= 0.3 is 0 Å².